The summed E-state index contributed by atoms with van der Waals surface area (Å²) in [4.78, 5) is 0. The number of hydrogen-bond acceptors (Lipinski definition) is 3. The number of aliphatic hydroxyl groups excluding tert-OH is 3. The summed E-state index contributed by atoms with van der Waals surface area (Å²) in [5.41, 5.74) is 0. The molecular formula is C17H32O3. The summed E-state index contributed by atoms with van der Waals surface area (Å²) < 4.78 is 0. The highest BCUT2D eigenvalue weighted by atomic mass is 16.3. The molecule has 0 amide bonds. The fourth-order valence-electron chi connectivity index (χ4n) is 2.35. The SMILES string of the molecule is C#CCCCCCCCCCCC[C@H](O)C[C@@H](O)CO. The molecule has 0 spiro atoms. The minimum atomic E-state index is -0.778. The van der Waals surface area contributed by atoms with Gasteiger partial charge in [-0.15, -0.1) is 12.3 Å². The van der Waals surface area contributed by atoms with Gasteiger partial charge < -0.3 is 15.3 Å². The van der Waals surface area contributed by atoms with Crippen molar-refractivity contribution in [2.24, 2.45) is 0 Å². The number of rotatable bonds is 14. The van der Waals surface area contributed by atoms with Crippen molar-refractivity contribution in [2.45, 2.75) is 89.3 Å². The quantitative estimate of drug-likeness (QED) is 0.339. The molecule has 0 saturated carbocycles. The van der Waals surface area contributed by atoms with Crippen LogP contribution in [0.4, 0.5) is 0 Å². The van der Waals surface area contributed by atoms with E-state index in [9.17, 15) is 10.2 Å². The van der Waals surface area contributed by atoms with E-state index in [0.29, 0.717) is 0 Å². The van der Waals surface area contributed by atoms with Gasteiger partial charge in [-0.3, -0.25) is 0 Å². The largest absolute Gasteiger partial charge is 0.394 e. The average Bonchev–Trinajstić information content (AvgIpc) is 2.44. The molecule has 0 fully saturated rings. The van der Waals surface area contributed by atoms with Gasteiger partial charge in [-0.05, 0) is 12.8 Å². The van der Waals surface area contributed by atoms with Crippen LogP contribution in [0.15, 0.2) is 0 Å². The van der Waals surface area contributed by atoms with E-state index in [4.69, 9.17) is 11.5 Å². The smallest absolute Gasteiger partial charge is 0.0795 e. The molecule has 0 aliphatic heterocycles. The van der Waals surface area contributed by atoms with E-state index < -0.39 is 12.2 Å². The molecule has 20 heavy (non-hydrogen) atoms. The summed E-state index contributed by atoms with van der Waals surface area (Å²) in [6.45, 7) is -0.265. The van der Waals surface area contributed by atoms with E-state index in [1.165, 1.54) is 38.5 Å². The molecule has 0 bridgehead atoms. The Labute approximate surface area is 124 Å². The lowest BCUT2D eigenvalue weighted by Crippen LogP contribution is -2.20. The van der Waals surface area contributed by atoms with Crippen LogP contribution in [0, 0.1) is 12.3 Å². The van der Waals surface area contributed by atoms with Gasteiger partial charge in [0.1, 0.15) is 0 Å². The molecule has 0 saturated heterocycles. The maximum Gasteiger partial charge on any atom is 0.0795 e. The molecule has 118 valence electrons. The Kier molecular flexibility index (Phi) is 14.4. The van der Waals surface area contributed by atoms with Crippen molar-refractivity contribution in [3.05, 3.63) is 0 Å². The first-order valence-electron chi connectivity index (χ1n) is 8.11. The van der Waals surface area contributed by atoms with Crippen molar-refractivity contribution in [3.8, 4) is 12.3 Å². The van der Waals surface area contributed by atoms with Crippen LogP contribution in [0.3, 0.4) is 0 Å². The van der Waals surface area contributed by atoms with Gasteiger partial charge in [0.2, 0.25) is 0 Å². The predicted molar refractivity (Wildman–Crippen MR) is 83.3 cm³/mol. The van der Waals surface area contributed by atoms with E-state index in [0.717, 1.165) is 32.1 Å². The molecule has 2 atom stereocenters. The highest BCUT2D eigenvalue weighted by Gasteiger charge is 2.10. The zero-order chi connectivity index (χ0) is 15.1. The Morgan fingerprint density at radius 2 is 1.25 bits per heavy atom. The van der Waals surface area contributed by atoms with Crippen molar-refractivity contribution in [2.75, 3.05) is 6.61 Å². The minimum absolute atomic E-state index is 0.265. The summed E-state index contributed by atoms with van der Waals surface area (Å²) >= 11 is 0. The second-order valence-electron chi connectivity index (χ2n) is 5.65. The molecule has 0 radical (unpaired) electrons. The normalized spacial score (nSPS) is 13.9. The van der Waals surface area contributed by atoms with Crippen molar-refractivity contribution in [1.29, 1.82) is 0 Å². The highest BCUT2D eigenvalue weighted by molar-refractivity contribution is 4.82. The topological polar surface area (TPSA) is 60.7 Å². The first-order valence-corrected chi connectivity index (χ1v) is 8.11. The Morgan fingerprint density at radius 3 is 1.75 bits per heavy atom. The Balaban J connectivity index is 3.15. The monoisotopic (exact) mass is 284 g/mol. The molecule has 0 aliphatic carbocycles. The van der Waals surface area contributed by atoms with Crippen LogP contribution in [0.2, 0.25) is 0 Å². The third-order valence-corrected chi connectivity index (χ3v) is 3.61. The summed E-state index contributed by atoms with van der Waals surface area (Å²) in [5.74, 6) is 2.67. The Bertz CT molecular complexity index is 235. The zero-order valence-corrected chi connectivity index (χ0v) is 12.8. The van der Waals surface area contributed by atoms with Gasteiger partial charge in [-0.1, -0.05) is 51.4 Å². The van der Waals surface area contributed by atoms with Crippen molar-refractivity contribution in [3.63, 3.8) is 0 Å². The molecule has 0 aromatic carbocycles. The number of aliphatic hydroxyl groups is 3. The van der Waals surface area contributed by atoms with E-state index in [1.807, 2.05) is 0 Å². The number of hydrogen-bond donors (Lipinski definition) is 3. The average molecular weight is 284 g/mol. The van der Waals surface area contributed by atoms with Gasteiger partial charge >= 0.3 is 0 Å². The standard InChI is InChI=1S/C17H32O3/c1-2-3-4-5-6-7-8-9-10-11-12-13-16(19)14-17(20)15-18/h1,16-20H,3-15H2/t16-,17+/m0/s1. The molecular weight excluding hydrogens is 252 g/mol. The Morgan fingerprint density at radius 1 is 0.750 bits per heavy atom. The van der Waals surface area contributed by atoms with Crippen molar-refractivity contribution < 1.29 is 15.3 Å². The zero-order valence-electron chi connectivity index (χ0n) is 12.8. The van der Waals surface area contributed by atoms with E-state index in [1.54, 1.807) is 0 Å². The molecule has 3 heteroatoms. The third-order valence-electron chi connectivity index (χ3n) is 3.61. The van der Waals surface area contributed by atoms with Crippen LogP contribution >= 0.6 is 0 Å². The molecule has 3 N–H and O–H groups in total. The van der Waals surface area contributed by atoms with E-state index in [-0.39, 0.29) is 13.0 Å². The Hall–Kier alpha value is -0.560. The maximum atomic E-state index is 9.61. The number of terminal acetylenes is 1. The molecule has 0 rings (SSSR count). The fraction of sp³-hybridized carbons (Fsp3) is 0.882. The number of unbranched alkanes of at least 4 members (excludes halogenated alkanes) is 9. The van der Waals surface area contributed by atoms with Crippen LogP contribution in [-0.4, -0.2) is 34.1 Å². The lowest BCUT2D eigenvalue weighted by atomic mass is 10.0. The first kappa shape index (κ1) is 19.4. The molecule has 0 unspecified atom stereocenters. The van der Waals surface area contributed by atoms with Crippen molar-refractivity contribution >= 4 is 0 Å². The van der Waals surface area contributed by atoms with Crippen molar-refractivity contribution in [1.82, 2.24) is 0 Å². The molecule has 3 nitrogen and oxygen atoms in total. The lowest BCUT2D eigenvalue weighted by Gasteiger charge is -2.13. The summed E-state index contributed by atoms with van der Waals surface area (Å²) in [6.07, 6.45) is 16.8. The second-order valence-corrected chi connectivity index (χ2v) is 5.65. The van der Waals surface area contributed by atoms with E-state index >= 15 is 0 Å². The lowest BCUT2D eigenvalue weighted by molar-refractivity contribution is 0.0380. The summed E-state index contributed by atoms with van der Waals surface area (Å²) in [7, 11) is 0. The first-order chi connectivity index (χ1) is 9.70. The summed E-state index contributed by atoms with van der Waals surface area (Å²) in [6, 6.07) is 0. The van der Waals surface area contributed by atoms with Crippen LogP contribution in [0.25, 0.3) is 0 Å². The van der Waals surface area contributed by atoms with Gasteiger partial charge in [0, 0.05) is 12.8 Å². The molecule has 0 aromatic heterocycles. The predicted octanol–water partition coefficient (Wildman–Crippen LogP) is 3.01. The molecule has 0 heterocycles. The minimum Gasteiger partial charge on any atom is -0.394 e. The van der Waals surface area contributed by atoms with Crippen LogP contribution in [-0.2, 0) is 0 Å². The fourth-order valence-corrected chi connectivity index (χ4v) is 2.35. The molecule has 0 aliphatic rings. The van der Waals surface area contributed by atoms with Gasteiger partial charge in [-0.25, -0.2) is 0 Å². The third kappa shape index (κ3) is 13.9. The van der Waals surface area contributed by atoms with E-state index in [2.05, 4.69) is 5.92 Å². The highest BCUT2D eigenvalue weighted by Crippen LogP contribution is 2.13. The second kappa shape index (κ2) is 14.8. The van der Waals surface area contributed by atoms with Gasteiger partial charge in [-0.2, -0.15) is 0 Å². The van der Waals surface area contributed by atoms with Gasteiger partial charge in [0.25, 0.3) is 0 Å². The van der Waals surface area contributed by atoms with Gasteiger partial charge in [0.15, 0.2) is 0 Å². The summed E-state index contributed by atoms with van der Waals surface area (Å²) in [5, 5.41) is 27.5. The van der Waals surface area contributed by atoms with Gasteiger partial charge in [0.05, 0.1) is 18.8 Å². The van der Waals surface area contributed by atoms with Crippen LogP contribution in [0.1, 0.15) is 77.0 Å². The maximum absolute atomic E-state index is 9.61. The van der Waals surface area contributed by atoms with Crippen LogP contribution < -0.4 is 0 Å². The van der Waals surface area contributed by atoms with Crippen LogP contribution in [0.5, 0.6) is 0 Å². The molecule has 0 aromatic rings.